The van der Waals surface area contributed by atoms with Gasteiger partial charge in [0.25, 0.3) is 0 Å². The van der Waals surface area contributed by atoms with Gasteiger partial charge in [-0.3, -0.25) is 0 Å². The highest BCUT2D eigenvalue weighted by Crippen LogP contribution is 2.37. The van der Waals surface area contributed by atoms with Crippen LogP contribution in [0.1, 0.15) is 18.6 Å². The molecule has 0 aliphatic rings. The summed E-state index contributed by atoms with van der Waals surface area (Å²) < 4.78 is 15.5. The van der Waals surface area contributed by atoms with Crippen molar-refractivity contribution in [1.29, 1.82) is 0 Å². The van der Waals surface area contributed by atoms with Gasteiger partial charge < -0.3 is 19.3 Å². The molecule has 0 aromatic heterocycles. The molecule has 1 aromatic carbocycles. The summed E-state index contributed by atoms with van der Waals surface area (Å²) in [6, 6.07) is 3.23. The van der Waals surface area contributed by atoms with Crippen LogP contribution in [0, 0.1) is 0 Å². The van der Waals surface area contributed by atoms with Crippen molar-refractivity contribution < 1.29 is 24.1 Å². The van der Waals surface area contributed by atoms with Crippen LogP contribution >= 0.6 is 15.9 Å². The normalized spacial score (nSPS) is 11.8. The number of benzene rings is 1. The maximum atomic E-state index is 11.5. The average Bonchev–Trinajstić information content (AvgIpc) is 2.37. The summed E-state index contributed by atoms with van der Waals surface area (Å²) in [5, 5.41) is 9.95. The van der Waals surface area contributed by atoms with Gasteiger partial charge in [-0.25, -0.2) is 4.79 Å². The number of aliphatic hydroxyl groups is 1. The Hall–Kier alpha value is -1.27. The van der Waals surface area contributed by atoms with Gasteiger partial charge in [-0.05, 0) is 13.0 Å². The van der Waals surface area contributed by atoms with Gasteiger partial charge in [0.2, 0.25) is 0 Å². The van der Waals surface area contributed by atoms with Crippen LogP contribution in [0.25, 0.3) is 0 Å². The molecule has 0 aliphatic carbocycles. The predicted octanol–water partition coefficient (Wildman–Crippen LogP) is 2.06. The Morgan fingerprint density at radius 2 is 2.06 bits per heavy atom. The van der Waals surface area contributed by atoms with Gasteiger partial charge >= 0.3 is 5.97 Å². The number of carbonyl (C=O) groups is 1. The van der Waals surface area contributed by atoms with E-state index in [4.69, 9.17) is 14.2 Å². The zero-order valence-electron chi connectivity index (χ0n) is 10.4. The third-order valence-electron chi connectivity index (χ3n) is 2.30. The number of aliphatic hydroxyl groups excluding tert-OH is 1. The zero-order chi connectivity index (χ0) is 13.7. The SMILES string of the molecule is CCOC(=O)C(O)c1c(Br)cc(OC)cc1OC. The number of halogens is 1. The molecule has 1 atom stereocenters. The molecule has 0 saturated heterocycles. The number of ether oxygens (including phenoxy) is 3. The number of carbonyl (C=O) groups excluding carboxylic acids is 1. The maximum absolute atomic E-state index is 11.5. The molecule has 18 heavy (non-hydrogen) atoms. The zero-order valence-corrected chi connectivity index (χ0v) is 12.0. The number of methoxy groups -OCH3 is 2. The highest BCUT2D eigenvalue weighted by Gasteiger charge is 2.25. The Bertz CT molecular complexity index is 433. The second-order valence-electron chi connectivity index (χ2n) is 3.38. The molecule has 0 fully saturated rings. The summed E-state index contributed by atoms with van der Waals surface area (Å²) in [5.41, 5.74) is 0.316. The van der Waals surface area contributed by atoms with Crippen molar-refractivity contribution in [3.05, 3.63) is 22.2 Å². The average molecular weight is 319 g/mol. The lowest BCUT2D eigenvalue weighted by Crippen LogP contribution is -2.16. The number of hydrogen-bond acceptors (Lipinski definition) is 5. The van der Waals surface area contributed by atoms with Crippen LogP contribution in [0.2, 0.25) is 0 Å². The Morgan fingerprint density at radius 1 is 1.39 bits per heavy atom. The fourth-order valence-corrected chi connectivity index (χ4v) is 2.10. The Labute approximate surface area is 114 Å². The summed E-state index contributed by atoms with van der Waals surface area (Å²) in [4.78, 5) is 11.5. The van der Waals surface area contributed by atoms with Gasteiger partial charge in [0.1, 0.15) is 11.5 Å². The Morgan fingerprint density at radius 3 is 2.56 bits per heavy atom. The van der Waals surface area contributed by atoms with Crippen molar-refractivity contribution in [2.75, 3.05) is 20.8 Å². The maximum Gasteiger partial charge on any atom is 0.339 e. The molecule has 0 amide bonds. The van der Waals surface area contributed by atoms with E-state index in [2.05, 4.69) is 15.9 Å². The summed E-state index contributed by atoms with van der Waals surface area (Å²) in [7, 11) is 2.96. The molecule has 0 heterocycles. The van der Waals surface area contributed by atoms with Crippen molar-refractivity contribution in [3.8, 4) is 11.5 Å². The number of rotatable bonds is 5. The summed E-state index contributed by atoms with van der Waals surface area (Å²) in [6.45, 7) is 1.87. The molecule has 0 radical (unpaired) electrons. The van der Waals surface area contributed by atoms with E-state index in [1.165, 1.54) is 14.2 Å². The molecule has 0 saturated carbocycles. The van der Waals surface area contributed by atoms with Gasteiger partial charge in [-0.2, -0.15) is 0 Å². The number of hydrogen-bond donors (Lipinski definition) is 1. The highest BCUT2D eigenvalue weighted by atomic mass is 79.9. The molecular weight excluding hydrogens is 304 g/mol. The Kier molecular flexibility index (Phi) is 5.43. The second-order valence-corrected chi connectivity index (χ2v) is 4.23. The Balaban J connectivity index is 3.18. The van der Waals surface area contributed by atoms with Gasteiger partial charge in [0.15, 0.2) is 6.10 Å². The van der Waals surface area contributed by atoms with E-state index < -0.39 is 12.1 Å². The van der Waals surface area contributed by atoms with Gasteiger partial charge in [-0.15, -0.1) is 0 Å². The first kappa shape index (κ1) is 14.8. The monoisotopic (exact) mass is 318 g/mol. The van der Waals surface area contributed by atoms with Crippen molar-refractivity contribution in [3.63, 3.8) is 0 Å². The molecule has 1 N–H and O–H groups in total. The minimum absolute atomic E-state index is 0.200. The van der Waals surface area contributed by atoms with Crippen molar-refractivity contribution >= 4 is 21.9 Å². The predicted molar refractivity (Wildman–Crippen MR) is 68.8 cm³/mol. The van der Waals surface area contributed by atoms with Crippen LogP contribution in [0.3, 0.4) is 0 Å². The summed E-state index contributed by atoms with van der Waals surface area (Å²) in [6.07, 6.45) is -1.40. The first-order valence-corrected chi connectivity index (χ1v) is 6.10. The highest BCUT2D eigenvalue weighted by molar-refractivity contribution is 9.10. The lowest BCUT2D eigenvalue weighted by Gasteiger charge is -2.16. The first-order valence-electron chi connectivity index (χ1n) is 5.31. The van der Waals surface area contributed by atoms with E-state index in [-0.39, 0.29) is 6.61 Å². The first-order chi connectivity index (χ1) is 8.54. The molecule has 0 bridgehead atoms. The largest absolute Gasteiger partial charge is 0.497 e. The summed E-state index contributed by atoms with van der Waals surface area (Å²) >= 11 is 3.27. The molecule has 0 aliphatic heterocycles. The van der Waals surface area contributed by atoms with E-state index in [0.29, 0.717) is 21.5 Å². The molecule has 5 nitrogen and oxygen atoms in total. The van der Waals surface area contributed by atoms with E-state index in [1.54, 1.807) is 19.1 Å². The van der Waals surface area contributed by atoms with E-state index in [9.17, 15) is 9.90 Å². The smallest absolute Gasteiger partial charge is 0.339 e. The lowest BCUT2D eigenvalue weighted by atomic mass is 10.1. The standard InChI is InChI=1S/C12H15BrO5/c1-4-18-12(15)11(14)10-8(13)5-7(16-2)6-9(10)17-3/h5-6,11,14H,4H2,1-3H3. The molecule has 1 aromatic rings. The van der Waals surface area contributed by atoms with Crippen LogP contribution in [-0.4, -0.2) is 31.9 Å². The van der Waals surface area contributed by atoms with Gasteiger partial charge in [0.05, 0.1) is 20.8 Å². The van der Waals surface area contributed by atoms with Crippen LogP contribution in [0.15, 0.2) is 16.6 Å². The van der Waals surface area contributed by atoms with E-state index in [1.807, 2.05) is 0 Å². The van der Waals surface area contributed by atoms with Crippen molar-refractivity contribution in [1.82, 2.24) is 0 Å². The van der Waals surface area contributed by atoms with Gasteiger partial charge in [0, 0.05) is 16.1 Å². The fourth-order valence-electron chi connectivity index (χ4n) is 1.46. The molecule has 100 valence electrons. The quantitative estimate of drug-likeness (QED) is 0.842. The fraction of sp³-hybridized carbons (Fsp3) is 0.417. The van der Waals surface area contributed by atoms with Crippen LogP contribution in [0.4, 0.5) is 0 Å². The van der Waals surface area contributed by atoms with E-state index >= 15 is 0 Å². The van der Waals surface area contributed by atoms with Crippen LogP contribution in [0.5, 0.6) is 11.5 Å². The van der Waals surface area contributed by atoms with Crippen molar-refractivity contribution in [2.45, 2.75) is 13.0 Å². The number of esters is 1. The molecular formula is C12H15BrO5. The second kappa shape index (κ2) is 6.61. The minimum Gasteiger partial charge on any atom is -0.497 e. The topological polar surface area (TPSA) is 65.0 Å². The van der Waals surface area contributed by atoms with Crippen LogP contribution < -0.4 is 9.47 Å². The van der Waals surface area contributed by atoms with Crippen LogP contribution in [-0.2, 0) is 9.53 Å². The third kappa shape index (κ3) is 3.14. The van der Waals surface area contributed by atoms with Crippen molar-refractivity contribution in [2.24, 2.45) is 0 Å². The third-order valence-corrected chi connectivity index (χ3v) is 2.96. The van der Waals surface area contributed by atoms with E-state index in [0.717, 1.165) is 0 Å². The molecule has 0 spiro atoms. The molecule has 1 unspecified atom stereocenters. The molecule has 6 heteroatoms. The van der Waals surface area contributed by atoms with Gasteiger partial charge in [-0.1, -0.05) is 15.9 Å². The minimum atomic E-state index is -1.40. The molecule has 1 rings (SSSR count). The lowest BCUT2D eigenvalue weighted by molar-refractivity contribution is -0.153. The summed E-state index contributed by atoms with van der Waals surface area (Å²) in [5.74, 6) is 0.182.